The summed E-state index contributed by atoms with van der Waals surface area (Å²) in [7, 11) is 0. The lowest BCUT2D eigenvalue weighted by Gasteiger charge is -2.30. The Kier molecular flexibility index (Phi) is 5.48. The first kappa shape index (κ1) is 20.7. The number of carbonyl (C=O) groups is 2. The van der Waals surface area contributed by atoms with Crippen LogP contribution >= 0.6 is 0 Å². The smallest absolute Gasteiger partial charge is 0.270 e. The van der Waals surface area contributed by atoms with Gasteiger partial charge in [-0.05, 0) is 37.5 Å². The lowest BCUT2D eigenvalue weighted by atomic mass is 10.0. The molecule has 2 aromatic carbocycles. The van der Waals surface area contributed by atoms with Crippen molar-refractivity contribution in [3.63, 3.8) is 0 Å². The van der Waals surface area contributed by atoms with E-state index in [0.717, 1.165) is 30.6 Å². The van der Waals surface area contributed by atoms with Crippen molar-refractivity contribution in [1.29, 1.82) is 0 Å². The van der Waals surface area contributed by atoms with Crippen LogP contribution in [0.4, 0.5) is 5.69 Å². The van der Waals surface area contributed by atoms with Crippen LogP contribution in [-0.4, -0.2) is 35.0 Å². The molecule has 0 spiro atoms. The van der Waals surface area contributed by atoms with Gasteiger partial charge in [0.05, 0.1) is 28.9 Å². The zero-order valence-corrected chi connectivity index (χ0v) is 18.2. The number of carbonyl (C=O) groups excluding carboxylic acids is 2. The number of hydrazine groups is 1. The number of rotatable bonds is 4. The number of hydrogen-bond acceptors (Lipinski definition) is 6. The average molecular weight is 441 g/mol. The molecule has 0 saturated carbocycles. The number of fused-ring (bicyclic) bond motifs is 2. The minimum atomic E-state index is -0.460. The zero-order chi connectivity index (χ0) is 22.8. The van der Waals surface area contributed by atoms with Crippen LogP contribution in [0.25, 0.3) is 22.4 Å². The summed E-state index contributed by atoms with van der Waals surface area (Å²) in [6.45, 7) is 2.70. The summed E-state index contributed by atoms with van der Waals surface area (Å²) in [5, 5.41) is 4.48. The molecule has 0 radical (unpaired) electrons. The van der Waals surface area contributed by atoms with Crippen molar-refractivity contribution < 1.29 is 14.1 Å². The molecule has 0 atom stereocenters. The van der Waals surface area contributed by atoms with Gasteiger partial charge in [0.15, 0.2) is 0 Å². The van der Waals surface area contributed by atoms with Crippen molar-refractivity contribution >= 4 is 28.6 Å². The van der Waals surface area contributed by atoms with Gasteiger partial charge < -0.3 is 9.42 Å². The highest BCUT2D eigenvalue weighted by atomic mass is 16.5. The molecule has 0 saturated heterocycles. The van der Waals surface area contributed by atoms with E-state index in [2.05, 4.69) is 27.1 Å². The van der Waals surface area contributed by atoms with Gasteiger partial charge >= 0.3 is 0 Å². The second-order valence-electron chi connectivity index (χ2n) is 8.03. The molecule has 1 aliphatic rings. The van der Waals surface area contributed by atoms with Crippen LogP contribution in [0.5, 0.6) is 0 Å². The van der Waals surface area contributed by atoms with E-state index >= 15 is 0 Å². The molecule has 0 bridgehead atoms. The molecule has 1 aliphatic heterocycles. The molecule has 8 heteroatoms. The van der Waals surface area contributed by atoms with Gasteiger partial charge in [-0.15, -0.1) is 0 Å². The van der Waals surface area contributed by atoms with Gasteiger partial charge in [-0.2, -0.15) is 0 Å². The average Bonchev–Trinajstić information content (AvgIpc) is 3.23. The van der Waals surface area contributed by atoms with Crippen LogP contribution in [0.1, 0.15) is 28.0 Å². The molecule has 5 rings (SSSR count). The van der Waals surface area contributed by atoms with Crippen molar-refractivity contribution in [3.05, 3.63) is 77.5 Å². The summed E-state index contributed by atoms with van der Waals surface area (Å²) >= 11 is 0. The van der Waals surface area contributed by atoms with E-state index in [-0.39, 0.29) is 18.2 Å². The monoisotopic (exact) mass is 441 g/mol. The Balaban J connectivity index is 1.33. The van der Waals surface area contributed by atoms with Crippen molar-refractivity contribution in [2.75, 3.05) is 18.0 Å². The number of anilines is 1. The largest absolute Gasteiger partial charge is 0.362 e. The second kappa shape index (κ2) is 8.74. The van der Waals surface area contributed by atoms with Crippen LogP contribution < -0.4 is 15.8 Å². The third-order valence-electron chi connectivity index (χ3n) is 5.79. The van der Waals surface area contributed by atoms with Crippen LogP contribution in [0.2, 0.25) is 0 Å². The fourth-order valence-corrected chi connectivity index (χ4v) is 4.21. The van der Waals surface area contributed by atoms with E-state index in [4.69, 9.17) is 4.52 Å². The zero-order valence-electron chi connectivity index (χ0n) is 18.2. The molecule has 33 heavy (non-hydrogen) atoms. The van der Waals surface area contributed by atoms with Gasteiger partial charge in [-0.1, -0.05) is 53.7 Å². The summed E-state index contributed by atoms with van der Waals surface area (Å²) < 4.78 is 5.33. The number of benzene rings is 2. The van der Waals surface area contributed by atoms with Crippen molar-refractivity contribution in [3.8, 4) is 11.3 Å². The molecular formula is C25H23N5O3. The molecule has 2 aromatic heterocycles. The van der Waals surface area contributed by atoms with E-state index in [0.29, 0.717) is 22.3 Å². The molecule has 3 heterocycles. The quantitative estimate of drug-likeness (QED) is 0.471. The molecule has 2 N–H and O–H groups in total. The summed E-state index contributed by atoms with van der Waals surface area (Å²) in [6.07, 6.45) is 1.99. The molecule has 8 nitrogen and oxygen atoms in total. The number of hydrogen-bond donors (Lipinski definition) is 2. The van der Waals surface area contributed by atoms with Gasteiger partial charge in [0.1, 0.15) is 0 Å². The molecule has 2 amide bonds. The van der Waals surface area contributed by atoms with Crippen molar-refractivity contribution in [2.45, 2.75) is 19.8 Å². The highest BCUT2D eigenvalue weighted by molar-refractivity contribution is 6.07. The Morgan fingerprint density at radius 2 is 1.85 bits per heavy atom. The van der Waals surface area contributed by atoms with E-state index in [1.54, 1.807) is 13.0 Å². The Hall–Kier alpha value is -4.20. The molecule has 0 fully saturated rings. The van der Waals surface area contributed by atoms with Crippen LogP contribution in [0.15, 0.2) is 65.2 Å². The Morgan fingerprint density at radius 1 is 1.06 bits per heavy atom. The van der Waals surface area contributed by atoms with Crippen LogP contribution in [0, 0.1) is 6.92 Å². The standard InChI is InChI=1S/C25H23N5O3/c1-16-23-19(14-20(26-25(23)33-29-16)17-8-3-2-4-9-17)24(32)28-27-22(31)15-30-13-7-11-18-10-5-6-12-21(18)30/h2-6,8-10,12,14H,7,11,13,15H2,1H3,(H,27,31)(H,28,32). The summed E-state index contributed by atoms with van der Waals surface area (Å²) in [6, 6.07) is 19.3. The molecule has 4 aromatic rings. The maximum atomic E-state index is 13.1. The molecule has 0 unspecified atom stereocenters. The molecule has 166 valence electrons. The highest BCUT2D eigenvalue weighted by Crippen LogP contribution is 2.27. The fourth-order valence-electron chi connectivity index (χ4n) is 4.21. The summed E-state index contributed by atoms with van der Waals surface area (Å²) in [4.78, 5) is 32.2. The maximum Gasteiger partial charge on any atom is 0.270 e. The molecular weight excluding hydrogens is 418 g/mol. The van der Waals surface area contributed by atoms with E-state index in [9.17, 15) is 9.59 Å². The summed E-state index contributed by atoms with van der Waals surface area (Å²) in [5.74, 6) is -0.756. The predicted molar refractivity (Wildman–Crippen MR) is 125 cm³/mol. The first-order valence-corrected chi connectivity index (χ1v) is 10.8. The number of amides is 2. The fraction of sp³-hybridized carbons (Fsp3) is 0.200. The maximum absolute atomic E-state index is 13.1. The van der Waals surface area contributed by atoms with Crippen LogP contribution in [-0.2, 0) is 11.2 Å². The predicted octanol–water partition coefficient (Wildman–Crippen LogP) is 3.41. The Morgan fingerprint density at radius 3 is 2.70 bits per heavy atom. The van der Waals surface area contributed by atoms with Gasteiger partial charge in [0.2, 0.25) is 0 Å². The Bertz CT molecular complexity index is 1330. The van der Waals surface area contributed by atoms with E-state index in [1.807, 2.05) is 53.4 Å². The number of aromatic nitrogens is 2. The topological polar surface area (TPSA) is 100 Å². The minimum absolute atomic E-state index is 0.157. The van der Waals surface area contributed by atoms with E-state index < -0.39 is 5.91 Å². The van der Waals surface area contributed by atoms with Gasteiger partial charge in [0.25, 0.3) is 17.5 Å². The third-order valence-corrected chi connectivity index (χ3v) is 5.79. The number of nitrogens with zero attached hydrogens (tertiary/aromatic N) is 3. The lowest BCUT2D eigenvalue weighted by molar-refractivity contribution is -0.120. The number of nitrogens with one attached hydrogen (secondary N) is 2. The number of para-hydroxylation sites is 1. The van der Waals surface area contributed by atoms with Gasteiger partial charge in [0, 0.05) is 17.8 Å². The van der Waals surface area contributed by atoms with Gasteiger partial charge in [-0.3, -0.25) is 20.4 Å². The SMILES string of the molecule is Cc1noc2nc(-c3ccccc3)cc(C(=O)NNC(=O)CN3CCCc4ccccc43)c12. The van der Waals surface area contributed by atoms with Crippen molar-refractivity contribution in [1.82, 2.24) is 21.0 Å². The van der Waals surface area contributed by atoms with Gasteiger partial charge in [-0.25, -0.2) is 4.98 Å². The molecule has 0 aliphatic carbocycles. The first-order valence-electron chi connectivity index (χ1n) is 10.8. The normalized spacial score (nSPS) is 12.9. The first-order chi connectivity index (χ1) is 16.1. The van der Waals surface area contributed by atoms with Crippen LogP contribution in [0.3, 0.4) is 0 Å². The highest BCUT2D eigenvalue weighted by Gasteiger charge is 2.21. The summed E-state index contributed by atoms with van der Waals surface area (Å²) in [5.41, 5.74) is 9.97. The van der Waals surface area contributed by atoms with Crippen molar-refractivity contribution in [2.24, 2.45) is 0 Å². The number of pyridine rings is 1. The third kappa shape index (κ3) is 4.15. The lowest BCUT2D eigenvalue weighted by Crippen LogP contribution is -2.47. The minimum Gasteiger partial charge on any atom is -0.362 e. The Labute approximate surface area is 190 Å². The number of aryl methyl sites for hydroxylation is 2. The van der Waals surface area contributed by atoms with E-state index in [1.165, 1.54) is 5.56 Å². The second-order valence-corrected chi connectivity index (χ2v) is 8.03.